The summed E-state index contributed by atoms with van der Waals surface area (Å²) in [7, 11) is 0. The number of carbonyl (C=O) groups excluding carboxylic acids is 1. The van der Waals surface area contributed by atoms with Crippen LogP contribution in [0.1, 0.15) is 52.9 Å². The topological polar surface area (TPSA) is 53.9 Å². The summed E-state index contributed by atoms with van der Waals surface area (Å²) < 4.78 is 5.13. The van der Waals surface area contributed by atoms with Crippen molar-refractivity contribution in [1.82, 2.24) is 10.2 Å². The number of halogens is 1. The number of carbonyl (C=O) groups is 1. The van der Waals surface area contributed by atoms with Crippen molar-refractivity contribution in [1.29, 1.82) is 0 Å². The van der Waals surface area contributed by atoms with Gasteiger partial charge in [0.05, 0.1) is 19.1 Å². The lowest BCUT2D eigenvalue weighted by atomic mass is 9.68. The van der Waals surface area contributed by atoms with Gasteiger partial charge >= 0.3 is 5.97 Å². The van der Waals surface area contributed by atoms with Gasteiger partial charge in [-0.15, -0.1) is 24.0 Å². The van der Waals surface area contributed by atoms with Crippen LogP contribution in [0.15, 0.2) is 4.99 Å². The third-order valence-corrected chi connectivity index (χ3v) is 4.43. The van der Waals surface area contributed by atoms with Crippen LogP contribution in [0.25, 0.3) is 0 Å². The monoisotopic (exact) mass is 423 g/mol. The van der Waals surface area contributed by atoms with Gasteiger partial charge in [-0.05, 0) is 45.4 Å². The molecule has 2 fully saturated rings. The van der Waals surface area contributed by atoms with Gasteiger partial charge in [0.15, 0.2) is 5.96 Å². The molecule has 5 nitrogen and oxygen atoms in total. The first-order valence-corrected chi connectivity index (χ1v) is 8.27. The van der Waals surface area contributed by atoms with Crippen LogP contribution in [0.2, 0.25) is 0 Å². The second kappa shape index (κ2) is 8.93. The summed E-state index contributed by atoms with van der Waals surface area (Å²) in [6, 6.07) is 0. The number of hydrogen-bond acceptors (Lipinski definition) is 3. The number of guanidine groups is 1. The Bertz CT molecular complexity index is 395. The van der Waals surface area contributed by atoms with Crippen LogP contribution in [0.5, 0.6) is 0 Å². The summed E-state index contributed by atoms with van der Waals surface area (Å²) in [6.45, 7) is 9.38. The van der Waals surface area contributed by atoms with E-state index in [1.807, 2.05) is 13.8 Å². The Hall–Kier alpha value is -0.530. The summed E-state index contributed by atoms with van der Waals surface area (Å²) in [5.41, 5.74) is 0.562. The first-order chi connectivity index (χ1) is 10.0. The smallest absolute Gasteiger partial charge is 0.307 e. The van der Waals surface area contributed by atoms with Crippen LogP contribution < -0.4 is 5.32 Å². The standard InChI is InChI=1S/C16H29N3O2.HI/c1-4-17-15(18-10-6-14(20)21-13(2)3)19-11-9-16(12-19)7-5-8-16;/h13H,4-12H2,1-3H3,(H,17,18);1H. The van der Waals surface area contributed by atoms with Gasteiger partial charge in [0.25, 0.3) is 0 Å². The van der Waals surface area contributed by atoms with E-state index in [9.17, 15) is 4.79 Å². The summed E-state index contributed by atoms with van der Waals surface area (Å²) in [5.74, 6) is 0.792. The molecule has 128 valence electrons. The van der Waals surface area contributed by atoms with Gasteiger partial charge in [0.2, 0.25) is 0 Å². The highest BCUT2D eigenvalue weighted by Crippen LogP contribution is 2.47. The molecule has 0 bridgehead atoms. The number of likely N-dealkylation sites (tertiary alicyclic amines) is 1. The van der Waals surface area contributed by atoms with Crippen LogP contribution in [0.4, 0.5) is 0 Å². The maximum absolute atomic E-state index is 11.5. The van der Waals surface area contributed by atoms with Gasteiger partial charge in [-0.3, -0.25) is 9.79 Å². The molecule has 2 aliphatic rings. The summed E-state index contributed by atoms with van der Waals surface area (Å²) in [5, 5.41) is 3.35. The molecule has 0 aromatic rings. The molecule has 0 unspecified atom stereocenters. The normalized spacial score (nSPS) is 19.8. The van der Waals surface area contributed by atoms with Gasteiger partial charge < -0.3 is 15.0 Å². The fourth-order valence-corrected chi connectivity index (χ4v) is 3.20. The molecule has 0 aromatic heterocycles. The van der Waals surface area contributed by atoms with Crippen molar-refractivity contribution in [3.63, 3.8) is 0 Å². The molecule has 1 aliphatic carbocycles. The molecular formula is C16H30IN3O2. The van der Waals surface area contributed by atoms with Crippen molar-refractivity contribution in [2.75, 3.05) is 26.2 Å². The zero-order valence-electron chi connectivity index (χ0n) is 14.1. The van der Waals surface area contributed by atoms with E-state index in [0.29, 0.717) is 18.4 Å². The molecule has 1 aliphatic heterocycles. The van der Waals surface area contributed by atoms with Gasteiger partial charge in [-0.2, -0.15) is 0 Å². The van der Waals surface area contributed by atoms with Crippen molar-refractivity contribution >= 4 is 35.9 Å². The van der Waals surface area contributed by atoms with Crippen molar-refractivity contribution in [3.05, 3.63) is 0 Å². The highest BCUT2D eigenvalue weighted by Gasteiger charge is 2.43. The highest BCUT2D eigenvalue weighted by atomic mass is 127. The van der Waals surface area contributed by atoms with E-state index >= 15 is 0 Å². The lowest BCUT2D eigenvalue weighted by Gasteiger charge is -2.38. The number of ether oxygens (including phenoxy) is 1. The third kappa shape index (κ3) is 5.28. The summed E-state index contributed by atoms with van der Waals surface area (Å²) in [6.07, 6.45) is 5.70. The zero-order chi connectivity index (χ0) is 15.3. The summed E-state index contributed by atoms with van der Waals surface area (Å²) in [4.78, 5) is 18.5. The molecule has 1 heterocycles. The largest absolute Gasteiger partial charge is 0.463 e. The Morgan fingerprint density at radius 2 is 2.09 bits per heavy atom. The van der Waals surface area contributed by atoms with E-state index in [0.717, 1.165) is 25.6 Å². The predicted octanol–water partition coefficient (Wildman–Crippen LogP) is 2.79. The molecule has 0 amide bonds. The Kier molecular flexibility index (Phi) is 7.93. The second-order valence-electron chi connectivity index (χ2n) is 6.55. The quantitative estimate of drug-likeness (QED) is 0.320. The van der Waals surface area contributed by atoms with Gasteiger partial charge in [0, 0.05) is 19.6 Å². The molecule has 0 atom stereocenters. The Balaban J connectivity index is 0.00000242. The summed E-state index contributed by atoms with van der Waals surface area (Å²) >= 11 is 0. The average molecular weight is 423 g/mol. The first kappa shape index (κ1) is 19.5. The molecule has 0 radical (unpaired) electrons. The Morgan fingerprint density at radius 1 is 1.36 bits per heavy atom. The maximum atomic E-state index is 11.5. The fraction of sp³-hybridized carbons (Fsp3) is 0.875. The zero-order valence-corrected chi connectivity index (χ0v) is 16.4. The first-order valence-electron chi connectivity index (χ1n) is 8.27. The van der Waals surface area contributed by atoms with E-state index in [1.165, 1.54) is 25.7 Å². The molecule has 2 rings (SSSR count). The molecule has 1 spiro atoms. The molecule has 1 saturated heterocycles. The predicted molar refractivity (Wildman–Crippen MR) is 99.7 cm³/mol. The molecule has 1 saturated carbocycles. The number of nitrogens with zero attached hydrogens (tertiary/aromatic N) is 2. The van der Waals surface area contributed by atoms with Crippen LogP contribution in [-0.4, -0.2) is 49.1 Å². The van der Waals surface area contributed by atoms with Crippen molar-refractivity contribution in [2.45, 2.75) is 59.0 Å². The van der Waals surface area contributed by atoms with Gasteiger partial charge in [-0.25, -0.2) is 0 Å². The van der Waals surface area contributed by atoms with E-state index < -0.39 is 0 Å². The maximum Gasteiger partial charge on any atom is 0.307 e. The van der Waals surface area contributed by atoms with Gasteiger partial charge in [0.1, 0.15) is 0 Å². The van der Waals surface area contributed by atoms with E-state index in [-0.39, 0.29) is 36.0 Å². The number of aliphatic imine (C=N–C) groups is 1. The van der Waals surface area contributed by atoms with Crippen molar-refractivity contribution in [2.24, 2.45) is 10.4 Å². The third-order valence-electron chi connectivity index (χ3n) is 4.43. The van der Waals surface area contributed by atoms with Crippen molar-refractivity contribution in [3.8, 4) is 0 Å². The highest BCUT2D eigenvalue weighted by molar-refractivity contribution is 14.0. The molecule has 0 aromatic carbocycles. The van der Waals surface area contributed by atoms with Crippen LogP contribution >= 0.6 is 24.0 Å². The molecule has 6 heteroatoms. The van der Waals surface area contributed by atoms with E-state index in [1.54, 1.807) is 0 Å². The van der Waals surface area contributed by atoms with E-state index in [4.69, 9.17) is 4.74 Å². The fourth-order valence-electron chi connectivity index (χ4n) is 3.20. The number of esters is 1. The van der Waals surface area contributed by atoms with Crippen molar-refractivity contribution < 1.29 is 9.53 Å². The number of rotatable bonds is 5. The Morgan fingerprint density at radius 3 is 2.59 bits per heavy atom. The van der Waals surface area contributed by atoms with Gasteiger partial charge in [-0.1, -0.05) is 6.42 Å². The molecule has 1 N–H and O–H groups in total. The lowest BCUT2D eigenvalue weighted by Crippen LogP contribution is -2.42. The van der Waals surface area contributed by atoms with Crippen LogP contribution in [-0.2, 0) is 9.53 Å². The minimum Gasteiger partial charge on any atom is -0.463 e. The SMILES string of the molecule is CCNC(=NCCC(=O)OC(C)C)N1CCC2(CCC2)C1.I. The van der Waals surface area contributed by atoms with Crippen LogP contribution in [0, 0.1) is 5.41 Å². The second-order valence-corrected chi connectivity index (χ2v) is 6.55. The molecular weight excluding hydrogens is 393 g/mol. The number of nitrogens with one attached hydrogen (secondary N) is 1. The minimum atomic E-state index is -0.165. The van der Waals surface area contributed by atoms with Crippen LogP contribution in [0.3, 0.4) is 0 Å². The lowest BCUT2D eigenvalue weighted by molar-refractivity contribution is -0.147. The van der Waals surface area contributed by atoms with E-state index in [2.05, 4.69) is 22.1 Å². The molecule has 22 heavy (non-hydrogen) atoms. The Labute approximate surface area is 151 Å². The number of hydrogen-bond donors (Lipinski definition) is 1. The minimum absolute atomic E-state index is 0. The average Bonchev–Trinajstić information content (AvgIpc) is 2.82.